The standard InChI is InChI=1S/C12H15NO3S2/c1-8-7-10(12(16)13-5-6-17-2)18-9(8)3-4-11(14)15/h3-4,7H,5-6H2,1-2H3,(H,13,16)(H,14,15). The van der Waals surface area contributed by atoms with Crippen LogP contribution in [0.15, 0.2) is 12.1 Å². The Balaban J connectivity index is 2.71. The number of hydrogen-bond donors (Lipinski definition) is 2. The van der Waals surface area contributed by atoms with Crippen molar-refractivity contribution in [1.29, 1.82) is 0 Å². The lowest BCUT2D eigenvalue weighted by atomic mass is 10.2. The summed E-state index contributed by atoms with van der Waals surface area (Å²) in [6.07, 6.45) is 4.57. The molecular weight excluding hydrogens is 270 g/mol. The van der Waals surface area contributed by atoms with Gasteiger partial charge in [0.1, 0.15) is 0 Å². The quantitative estimate of drug-likeness (QED) is 0.621. The summed E-state index contributed by atoms with van der Waals surface area (Å²) < 4.78 is 0. The van der Waals surface area contributed by atoms with Gasteiger partial charge in [-0.15, -0.1) is 11.3 Å². The number of thioether (sulfide) groups is 1. The van der Waals surface area contributed by atoms with E-state index in [2.05, 4.69) is 5.32 Å². The number of aliphatic carboxylic acids is 1. The van der Waals surface area contributed by atoms with Crippen LogP contribution in [0.5, 0.6) is 0 Å². The summed E-state index contributed by atoms with van der Waals surface area (Å²) in [5.74, 6) is -0.220. The van der Waals surface area contributed by atoms with E-state index < -0.39 is 5.97 Å². The van der Waals surface area contributed by atoms with Gasteiger partial charge >= 0.3 is 5.97 Å². The molecule has 1 aromatic heterocycles. The lowest BCUT2D eigenvalue weighted by Crippen LogP contribution is -2.24. The zero-order valence-corrected chi connectivity index (χ0v) is 11.9. The number of carbonyl (C=O) groups excluding carboxylic acids is 1. The number of hydrogen-bond acceptors (Lipinski definition) is 4. The van der Waals surface area contributed by atoms with Crippen molar-refractivity contribution in [2.75, 3.05) is 18.6 Å². The Bertz CT molecular complexity index is 466. The van der Waals surface area contributed by atoms with Gasteiger partial charge in [-0.05, 0) is 30.9 Å². The number of nitrogens with one attached hydrogen (secondary N) is 1. The van der Waals surface area contributed by atoms with Crippen molar-refractivity contribution >= 4 is 41.1 Å². The van der Waals surface area contributed by atoms with Gasteiger partial charge in [-0.3, -0.25) is 4.79 Å². The van der Waals surface area contributed by atoms with Crippen LogP contribution in [-0.4, -0.2) is 35.5 Å². The first-order valence-corrected chi connectivity index (χ1v) is 7.54. The van der Waals surface area contributed by atoms with Crippen LogP contribution in [0.4, 0.5) is 0 Å². The number of aryl methyl sites for hydroxylation is 1. The predicted molar refractivity (Wildman–Crippen MR) is 76.4 cm³/mol. The minimum Gasteiger partial charge on any atom is -0.478 e. The fourth-order valence-electron chi connectivity index (χ4n) is 1.27. The molecule has 0 atom stereocenters. The van der Waals surface area contributed by atoms with E-state index in [1.807, 2.05) is 13.2 Å². The molecule has 0 bridgehead atoms. The zero-order valence-electron chi connectivity index (χ0n) is 10.2. The number of thiophene rings is 1. The lowest BCUT2D eigenvalue weighted by molar-refractivity contribution is -0.131. The molecule has 1 aromatic rings. The van der Waals surface area contributed by atoms with E-state index in [1.165, 1.54) is 17.4 Å². The third-order valence-corrected chi connectivity index (χ3v) is 3.96. The average molecular weight is 285 g/mol. The van der Waals surface area contributed by atoms with Gasteiger partial charge in [0.15, 0.2) is 0 Å². The predicted octanol–water partition coefficient (Wildman–Crippen LogP) is 2.25. The molecule has 4 nitrogen and oxygen atoms in total. The first kappa shape index (κ1) is 14.8. The van der Waals surface area contributed by atoms with Crippen molar-refractivity contribution in [3.8, 4) is 0 Å². The molecule has 0 saturated carbocycles. The smallest absolute Gasteiger partial charge is 0.328 e. The molecule has 0 aliphatic rings. The zero-order chi connectivity index (χ0) is 13.5. The van der Waals surface area contributed by atoms with Gasteiger partial charge in [0.05, 0.1) is 4.88 Å². The number of amides is 1. The minimum absolute atomic E-state index is 0.105. The Morgan fingerprint density at radius 3 is 2.89 bits per heavy atom. The Labute approximate surface area is 114 Å². The Hall–Kier alpha value is -1.27. The normalized spacial score (nSPS) is 10.8. The van der Waals surface area contributed by atoms with Crippen LogP contribution >= 0.6 is 23.1 Å². The fraction of sp³-hybridized carbons (Fsp3) is 0.333. The van der Waals surface area contributed by atoms with Gasteiger partial charge in [-0.2, -0.15) is 11.8 Å². The Morgan fingerprint density at radius 2 is 2.28 bits per heavy atom. The summed E-state index contributed by atoms with van der Waals surface area (Å²) in [7, 11) is 0. The molecule has 1 heterocycles. The van der Waals surface area contributed by atoms with Crippen molar-refractivity contribution in [3.05, 3.63) is 27.5 Å². The fourth-order valence-corrected chi connectivity index (χ4v) is 2.57. The maximum Gasteiger partial charge on any atom is 0.328 e. The Morgan fingerprint density at radius 1 is 1.56 bits per heavy atom. The summed E-state index contributed by atoms with van der Waals surface area (Å²) in [4.78, 5) is 23.6. The minimum atomic E-state index is -0.992. The highest BCUT2D eigenvalue weighted by Gasteiger charge is 2.10. The average Bonchev–Trinajstić information content (AvgIpc) is 2.68. The van der Waals surface area contributed by atoms with Crippen LogP contribution in [0.3, 0.4) is 0 Å². The van der Waals surface area contributed by atoms with Crippen LogP contribution in [-0.2, 0) is 4.79 Å². The monoisotopic (exact) mass is 285 g/mol. The number of carbonyl (C=O) groups is 2. The summed E-state index contributed by atoms with van der Waals surface area (Å²) in [5.41, 5.74) is 0.910. The second-order valence-corrected chi connectivity index (χ2v) is 5.65. The van der Waals surface area contributed by atoms with Crippen LogP contribution in [0, 0.1) is 6.92 Å². The van der Waals surface area contributed by atoms with Crippen LogP contribution in [0.1, 0.15) is 20.1 Å². The SMILES string of the molecule is CSCCNC(=O)c1cc(C)c(C=CC(=O)O)s1. The molecule has 0 radical (unpaired) electrons. The van der Waals surface area contributed by atoms with Gasteiger partial charge in [0.2, 0.25) is 0 Å². The summed E-state index contributed by atoms with van der Waals surface area (Å²) in [6.45, 7) is 2.49. The summed E-state index contributed by atoms with van der Waals surface area (Å²) in [5, 5.41) is 11.4. The molecule has 0 fully saturated rings. The van der Waals surface area contributed by atoms with E-state index in [4.69, 9.17) is 5.11 Å². The largest absolute Gasteiger partial charge is 0.478 e. The van der Waals surface area contributed by atoms with Crippen molar-refractivity contribution in [2.45, 2.75) is 6.92 Å². The van der Waals surface area contributed by atoms with Crippen LogP contribution in [0.2, 0.25) is 0 Å². The molecule has 98 valence electrons. The van der Waals surface area contributed by atoms with E-state index in [0.29, 0.717) is 11.4 Å². The highest BCUT2D eigenvalue weighted by atomic mass is 32.2. The molecule has 0 saturated heterocycles. The molecule has 6 heteroatoms. The van der Waals surface area contributed by atoms with Crippen molar-refractivity contribution in [3.63, 3.8) is 0 Å². The van der Waals surface area contributed by atoms with E-state index in [1.54, 1.807) is 17.8 Å². The van der Waals surface area contributed by atoms with Gasteiger partial charge in [0.25, 0.3) is 5.91 Å². The van der Waals surface area contributed by atoms with Crippen molar-refractivity contribution < 1.29 is 14.7 Å². The number of carboxylic acids is 1. The van der Waals surface area contributed by atoms with Gasteiger partial charge < -0.3 is 10.4 Å². The van der Waals surface area contributed by atoms with E-state index >= 15 is 0 Å². The number of carboxylic acid groups (broad SMARTS) is 1. The maximum atomic E-state index is 11.8. The highest BCUT2D eigenvalue weighted by Crippen LogP contribution is 2.23. The lowest BCUT2D eigenvalue weighted by Gasteiger charge is -2.00. The topological polar surface area (TPSA) is 66.4 Å². The summed E-state index contributed by atoms with van der Waals surface area (Å²) >= 11 is 2.97. The van der Waals surface area contributed by atoms with Crippen molar-refractivity contribution in [2.24, 2.45) is 0 Å². The van der Waals surface area contributed by atoms with Gasteiger partial charge in [-0.25, -0.2) is 4.79 Å². The molecule has 0 unspecified atom stereocenters. The third kappa shape index (κ3) is 4.54. The van der Waals surface area contributed by atoms with Crippen LogP contribution in [0.25, 0.3) is 6.08 Å². The molecule has 0 aromatic carbocycles. The second-order valence-electron chi connectivity index (χ2n) is 3.58. The number of rotatable bonds is 6. The summed E-state index contributed by atoms with van der Waals surface area (Å²) in [6, 6.07) is 1.78. The third-order valence-electron chi connectivity index (χ3n) is 2.15. The maximum absolute atomic E-state index is 11.8. The Kier molecular flexibility index (Phi) is 5.94. The molecule has 0 spiro atoms. The molecule has 18 heavy (non-hydrogen) atoms. The highest BCUT2D eigenvalue weighted by molar-refractivity contribution is 7.98. The van der Waals surface area contributed by atoms with Crippen LogP contribution < -0.4 is 5.32 Å². The first-order valence-electron chi connectivity index (χ1n) is 5.33. The van der Waals surface area contributed by atoms with Gasteiger partial charge in [-0.1, -0.05) is 0 Å². The molecule has 0 aliphatic carbocycles. The van der Waals surface area contributed by atoms with E-state index in [9.17, 15) is 9.59 Å². The molecule has 0 aliphatic heterocycles. The molecular formula is C12H15NO3S2. The molecule has 2 N–H and O–H groups in total. The van der Waals surface area contributed by atoms with Gasteiger partial charge in [0, 0.05) is 23.3 Å². The van der Waals surface area contributed by atoms with E-state index in [0.717, 1.165) is 22.3 Å². The second kappa shape index (κ2) is 7.23. The molecule has 1 rings (SSSR count). The van der Waals surface area contributed by atoms with Crippen molar-refractivity contribution in [1.82, 2.24) is 5.32 Å². The first-order chi connectivity index (χ1) is 8.54. The van der Waals surface area contributed by atoms with E-state index in [-0.39, 0.29) is 5.91 Å². The molecule has 1 amide bonds.